The van der Waals surface area contributed by atoms with Crippen LogP contribution >= 0.6 is 0 Å². The van der Waals surface area contributed by atoms with Gasteiger partial charge in [0.25, 0.3) is 0 Å². The van der Waals surface area contributed by atoms with Gasteiger partial charge in [-0.05, 0) is 47.7 Å². The summed E-state index contributed by atoms with van der Waals surface area (Å²) in [5.41, 5.74) is 2.05. The van der Waals surface area contributed by atoms with Crippen molar-refractivity contribution in [3.63, 3.8) is 0 Å². The molecule has 2 heterocycles. The number of hydrogen-bond donors (Lipinski definition) is 1. The fourth-order valence-electron chi connectivity index (χ4n) is 3.88. The molecule has 192 valence electrons. The van der Waals surface area contributed by atoms with Crippen molar-refractivity contribution in [2.45, 2.75) is 66.2 Å². The minimum absolute atomic E-state index is 0.0000894. The maximum atomic E-state index is 13.6. The molecule has 3 aromatic rings. The number of benzene rings is 1. The molecule has 0 saturated carbocycles. The zero-order chi connectivity index (χ0) is 26.1. The van der Waals surface area contributed by atoms with E-state index < -0.39 is 12.0 Å². The van der Waals surface area contributed by atoms with Crippen molar-refractivity contribution in [1.29, 1.82) is 0 Å². The highest BCUT2D eigenvalue weighted by molar-refractivity contribution is 5.91. The average Bonchev–Trinajstić information content (AvgIpc) is 3.29. The molecule has 0 spiro atoms. The SMILES string of the molecule is CCCN(Cc1ccc2occc2c1)C(=O)C(CC(=O)OCc1ccccn1)NC(=O)CC(C)(C)C. The Morgan fingerprint density at radius 3 is 2.64 bits per heavy atom. The van der Waals surface area contributed by atoms with Crippen molar-refractivity contribution in [3.8, 4) is 0 Å². The van der Waals surface area contributed by atoms with Crippen LogP contribution in [0.3, 0.4) is 0 Å². The Hall–Kier alpha value is -3.68. The van der Waals surface area contributed by atoms with Gasteiger partial charge in [0.2, 0.25) is 11.8 Å². The summed E-state index contributed by atoms with van der Waals surface area (Å²) in [5.74, 6) is -1.18. The third-order valence-electron chi connectivity index (χ3n) is 5.50. The molecule has 36 heavy (non-hydrogen) atoms. The van der Waals surface area contributed by atoms with Gasteiger partial charge < -0.3 is 19.4 Å². The molecule has 2 aromatic heterocycles. The van der Waals surface area contributed by atoms with Gasteiger partial charge in [-0.15, -0.1) is 0 Å². The third kappa shape index (κ3) is 8.22. The van der Waals surface area contributed by atoms with Crippen LogP contribution in [0, 0.1) is 5.41 Å². The lowest BCUT2D eigenvalue weighted by molar-refractivity contribution is -0.149. The molecule has 3 rings (SSSR count). The Balaban J connectivity index is 1.74. The molecule has 0 fully saturated rings. The molecule has 0 bridgehead atoms. The summed E-state index contributed by atoms with van der Waals surface area (Å²) in [6.07, 6.45) is 3.94. The van der Waals surface area contributed by atoms with E-state index in [2.05, 4.69) is 10.3 Å². The van der Waals surface area contributed by atoms with E-state index in [0.717, 1.165) is 23.0 Å². The highest BCUT2D eigenvalue weighted by Crippen LogP contribution is 2.20. The monoisotopic (exact) mass is 493 g/mol. The van der Waals surface area contributed by atoms with Crippen molar-refractivity contribution in [2.75, 3.05) is 6.54 Å². The first-order chi connectivity index (χ1) is 17.1. The van der Waals surface area contributed by atoms with Crippen LogP contribution < -0.4 is 5.32 Å². The first kappa shape index (κ1) is 26.9. The molecule has 2 amide bonds. The van der Waals surface area contributed by atoms with Gasteiger partial charge in [-0.3, -0.25) is 19.4 Å². The first-order valence-corrected chi connectivity index (χ1v) is 12.2. The molecule has 1 aromatic carbocycles. The number of aromatic nitrogens is 1. The number of rotatable bonds is 11. The quantitative estimate of drug-likeness (QED) is 0.391. The zero-order valence-electron chi connectivity index (χ0n) is 21.5. The topological polar surface area (TPSA) is 102 Å². The Labute approximate surface area is 212 Å². The van der Waals surface area contributed by atoms with Crippen LogP contribution in [0.1, 0.15) is 58.2 Å². The summed E-state index contributed by atoms with van der Waals surface area (Å²) in [7, 11) is 0. The summed E-state index contributed by atoms with van der Waals surface area (Å²) < 4.78 is 10.8. The van der Waals surface area contributed by atoms with Crippen molar-refractivity contribution in [3.05, 3.63) is 66.2 Å². The van der Waals surface area contributed by atoms with E-state index in [4.69, 9.17) is 9.15 Å². The minimum atomic E-state index is -1.03. The Morgan fingerprint density at radius 2 is 1.94 bits per heavy atom. The lowest BCUT2D eigenvalue weighted by Gasteiger charge is -2.28. The number of furan rings is 1. The second kappa shape index (κ2) is 12.3. The fraction of sp³-hybridized carbons (Fsp3) is 0.429. The molecule has 8 heteroatoms. The van der Waals surface area contributed by atoms with Crippen LogP contribution in [0.5, 0.6) is 0 Å². The van der Waals surface area contributed by atoms with Gasteiger partial charge in [-0.25, -0.2) is 0 Å². The number of amides is 2. The van der Waals surface area contributed by atoms with E-state index in [1.165, 1.54) is 0 Å². The predicted molar refractivity (Wildman–Crippen MR) is 137 cm³/mol. The second-order valence-corrected chi connectivity index (χ2v) is 10.1. The van der Waals surface area contributed by atoms with Gasteiger partial charge in [0, 0.05) is 31.1 Å². The third-order valence-corrected chi connectivity index (χ3v) is 5.50. The summed E-state index contributed by atoms with van der Waals surface area (Å²) in [6.45, 7) is 8.65. The number of esters is 1. The molecule has 0 radical (unpaired) electrons. The van der Waals surface area contributed by atoms with E-state index in [1.807, 2.05) is 52.0 Å². The number of nitrogens with one attached hydrogen (secondary N) is 1. The van der Waals surface area contributed by atoms with Crippen molar-refractivity contribution in [2.24, 2.45) is 5.41 Å². The molecule has 1 unspecified atom stereocenters. The molecule has 0 aliphatic heterocycles. The molecule has 0 aliphatic rings. The number of hydrogen-bond acceptors (Lipinski definition) is 6. The summed E-state index contributed by atoms with van der Waals surface area (Å²) in [5, 5.41) is 3.74. The van der Waals surface area contributed by atoms with Gasteiger partial charge in [0.1, 0.15) is 18.2 Å². The van der Waals surface area contributed by atoms with Crippen molar-refractivity contribution >= 4 is 28.8 Å². The lowest BCUT2D eigenvalue weighted by atomic mass is 9.92. The smallest absolute Gasteiger partial charge is 0.308 e. The van der Waals surface area contributed by atoms with Gasteiger partial charge in [-0.2, -0.15) is 0 Å². The summed E-state index contributed by atoms with van der Waals surface area (Å²) in [4.78, 5) is 44.9. The fourth-order valence-corrected chi connectivity index (χ4v) is 3.88. The van der Waals surface area contributed by atoms with E-state index in [-0.39, 0.29) is 36.7 Å². The van der Waals surface area contributed by atoms with Crippen molar-refractivity contribution in [1.82, 2.24) is 15.2 Å². The van der Waals surface area contributed by atoms with Gasteiger partial charge >= 0.3 is 5.97 Å². The zero-order valence-corrected chi connectivity index (χ0v) is 21.5. The molecular formula is C28H35N3O5. The molecule has 1 N–H and O–H groups in total. The largest absolute Gasteiger partial charge is 0.464 e. The highest BCUT2D eigenvalue weighted by atomic mass is 16.5. The minimum Gasteiger partial charge on any atom is -0.464 e. The van der Waals surface area contributed by atoms with Gasteiger partial charge in [-0.1, -0.05) is 39.8 Å². The standard InChI is InChI=1S/C28H35N3O5/c1-5-13-31(18-20-9-10-24-21(15-20)11-14-35-24)27(34)23(30-25(32)17-28(2,3)4)16-26(33)36-19-22-8-6-7-12-29-22/h6-12,14-15,23H,5,13,16-19H2,1-4H3,(H,30,32). The van der Waals surface area contributed by atoms with E-state index in [1.54, 1.807) is 35.6 Å². The van der Waals surface area contributed by atoms with Crippen LogP contribution in [0.2, 0.25) is 0 Å². The maximum absolute atomic E-state index is 13.6. The number of pyridine rings is 1. The normalized spacial score (nSPS) is 12.2. The lowest BCUT2D eigenvalue weighted by Crippen LogP contribution is -2.50. The summed E-state index contributed by atoms with van der Waals surface area (Å²) >= 11 is 0. The molecule has 0 saturated heterocycles. The van der Waals surface area contributed by atoms with E-state index in [0.29, 0.717) is 18.8 Å². The maximum Gasteiger partial charge on any atom is 0.308 e. The van der Waals surface area contributed by atoms with Crippen molar-refractivity contribution < 1.29 is 23.5 Å². The number of carbonyl (C=O) groups excluding carboxylic acids is 3. The van der Waals surface area contributed by atoms with Crippen LogP contribution in [-0.2, 0) is 32.3 Å². The Kier molecular flexibility index (Phi) is 9.22. The molecular weight excluding hydrogens is 458 g/mol. The number of carbonyl (C=O) groups is 3. The van der Waals surface area contributed by atoms with E-state index in [9.17, 15) is 14.4 Å². The van der Waals surface area contributed by atoms with Crippen LogP contribution in [0.4, 0.5) is 0 Å². The summed E-state index contributed by atoms with van der Waals surface area (Å²) in [6, 6.07) is 11.9. The van der Waals surface area contributed by atoms with Gasteiger partial charge in [0.15, 0.2) is 0 Å². The van der Waals surface area contributed by atoms with Crippen LogP contribution in [-0.4, -0.2) is 40.3 Å². The van der Waals surface area contributed by atoms with E-state index >= 15 is 0 Å². The molecule has 0 aliphatic carbocycles. The molecule has 8 nitrogen and oxygen atoms in total. The van der Waals surface area contributed by atoms with Crippen LogP contribution in [0.15, 0.2) is 59.3 Å². The predicted octanol–water partition coefficient (Wildman–Crippen LogP) is 4.62. The average molecular weight is 494 g/mol. The second-order valence-electron chi connectivity index (χ2n) is 10.1. The Bertz CT molecular complexity index is 1170. The first-order valence-electron chi connectivity index (χ1n) is 12.2. The Morgan fingerprint density at radius 1 is 1.14 bits per heavy atom. The number of ether oxygens (including phenoxy) is 1. The van der Waals surface area contributed by atoms with Gasteiger partial charge in [0.05, 0.1) is 18.4 Å². The number of nitrogens with zero attached hydrogens (tertiary/aromatic N) is 2. The molecule has 1 atom stereocenters. The highest BCUT2D eigenvalue weighted by Gasteiger charge is 2.30. The number of fused-ring (bicyclic) bond motifs is 1. The van der Waals surface area contributed by atoms with Crippen LogP contribution in [0.25, 0.3) is 11.0 Å².